The van der Waals surface area contributed by atoms with E-state index in [4.69, 9.17) is 9.78 Å². The van der Waals surface area contributed by atoms with Gasteiger partial charge in [0.05, 0.1) is 27.4 Å². The molecule has 4 heteroatoms. The Hall–Kier alpha value is -0.160. The maximum atomic E-state index is 4.94. The van der Waals surface area contributed by atoms with Gasteiger partial charge in [-0.1, -0.05) is 13.8 Å². The van der Waals surface area contributed by atoms with E-state index in [1.807, 2.05) is 0 Å². The van der Waals surface area contributed by atoms with Crippen molar-refractivity contribution in [2.45, 2.75) is 26.7 Å². The third kappa shape index (κ3) is 4.57. The van der Waals surface area contributed by atoms with E-state index in [9.17, 15) is 0 Å². The van der Waals surface area contributed by atoms with Gasteiger partial charge in [0.2, 0.25) is 0 Å². The van der Waals surface area contributed by atoms with Crippen molar-refractivity contribution in [2.75, 3.05) is 27.4 Å². The largest absolute Gasteiger partial charge is 0.240 e. The lowest BCUT2D eigenvalue weighted by atomic mass is 9.84. The standard InChI is InChI=1S/C9H20O4/c1-5-9(6-2,7-12-10-3)8-13-11-4/h5-8H2,1-4H3. The summed E-state index contributed by atoms with van der Waals surface area (Å²) >= 11 is 0. The Kier molecular flexibility index (Phi) is 7.17. The summed E-state index contributed by atoms with van der Waals surface area (Å²) in [5.41, 5.74) is -0.00792. The molecular formula is C9H20O4. The van der Waals surface area contributed by atoms with Gasteiger partial charge in [0.1, 0.15) is 0 Å². The lowest BCUT2D eigenvalue weighted by Crippen LogP contribution is -2.31. The van der Waals surface area contributed by atoms with Crippen LogP contribution in [0, 0.1) is 5.41 Å². The fourth-order valence-electron chi connectivity index (χ4n) is 1.07. The molecule has 0 radical (unpaired) electrons. The summed E-state index contributed by atoms with van der Waals surface area (Å²) in [6.45, 7) is 5.25. The topological polar surface area (TPSA) is 36.9 Å². The molecule has 0 heterocycles. The second-order valence-corrected chi connectivity index (χ2v) is 3.06. The van der Waals surface area contributed by atoms with Crippen molar-refractivity contribution in [3.63, 3.8) is 0 Å². The molecule has 0 saturated carbocycles. The third-order valence-electron chi connectivity index (χ3n) is 2.47. The molecule has 0 aromatic rings. The van der Waals surface area contributed by atoms with Crippen LogP contribution in [0.5, 0.6) is 0 Å². The molecule has 0 atom stereocenters. The highest BCUT2D eigenvalue weighted by Gasteiger charge is 2.28. The van der Waals surface area contributed by atoms with Crippen LogP contribution in [0.1, 0.15) is 26.7 Å². The summed E-state index contributed by atoms with van der Waals surface area (Å²) in [5, 5.41) is 0. The fraction of sp³-hybridized carbons (Fsp3) is 1.00. The molecule has 0 amide bonds. The highest BCUT2D eigenvalue weighted by atomic mass is 17.2. The van der Waals surface area contributed by atoms with Gasteiger partial charge in [-0.25, -0.2) is 19.6 Å². The van der Waals surface area contributed by atoms with E-state index in [-0.39, 0.29) is 5.41 Å². The van der Waals surface area contributed by atoms with E-state index in [2.05, 4.69) is 23.6 Å². The van der Waals surface area contributed by atoms with Crippen molar-refractivity contribution in [2.24, 2.45) is 5.41 Å². The maximum absolute atomic E-state index is 4.94. The Morgan fingerprint density at radius 3 is 1.46 bits per heavy atom. The van der Waals surface area contributed by atoms with Crippen LogP contribution in [0.15, 0.2) is 0 Å². The molecule has 0 fully saturated rings. The summed E-state index contributed by atoms with van der Waals surface area (Å²) in [5.74, 6) is 0. The zero-order valence-electron chi connectivity index (χ0n) is 8.96. The van der Waals surface area contributed by atoms with Crippen LogP contribution in [0.3, 0.4) is 0 Å². The van der Waals surface area contributed by atoms with Crippen LogP contribution in [-0.4, -0.2) is 27.4 Å². The molecule has 0 rings (SSSR count). The lowest BCUT2D eigenvalue weighted by Gasteiger charge is -2.28. The molecule has 80 valence electrons. The minimum Gasteiger partial charge on any atom is -0.240 e. The zero-order chi connectivity index (χ0) is 10.2. The molecule has 0 bridgehead atoms. The number of hydrogen-bond donors (Lipinski definition) is 0. The summed E-state index contributed by atoms with van der Waals surface area (Å²) in [6.07, 6.45) is 1.94. The van der Waals surface area contributed by atoms with E-state index < -0.39 is 0 Å². The van der Waals surface area contributed by atoms with Gasteiger partial charge in [0, 0.05) is 5.41 Å². The van der Waals surface area contributed by atoms with Gasteiger partial charge in [-0.2, -0.15) is 0 Å². The quantitative estimate of drug-likeness (QED) is 0.435. The molecule has 0 saturated heterocycles. The van der Waals surface area contributed by atoms with Crippen LogP contribution in [0.25, 0.3) is 0 Å². The Morgan fingerprint density at radius 1 is 0.846 bits per heavy atom. The second kappa shape index (κ2) is 7.26. The summed E-state index contributed by atoms with van der Waals surface area (Å²) in [6, 6.07) is 0. The summed E-state index contributed by atoms with van der Waals surface area (Å²) in [7, 11) is 3.01. The lowest BCUT2D eigenvalue weighted by molar-refractivity contribution is -0.324. The third-order valence-corrected chi connectivity index (χ3v) is 2.47. The Morgan fingerprint density at radius 2 is 1.23 bits per heavy atom. The molecule has 0 aliphatic carbocycles. The summed E-state index contributed by atoms with van der Waals surface area (Å²) in [4.78, 5) is 19.1. The molecule has 0 aliphatic heterocycles. The minimum absolute atomic E-state index is 0.00792. The minimum atomic E-state index is -0.00792. The maximum Gasteiger partial charge on any atom is 0.0901 e. The molecule has 0 aliphatic rings. The average Bonchev–Trinajstić information content (AvgIpc) is 2.20. The predicted molar refractivity (Wildman–Crippen MR) is 48.9 cm³/mol. The fourth-order valence-corrected chi connectivity index (χ4v) is 1.07. The van der Waals surface area contributed by atoms with Crippen molar-refractivity contribution in [3.8, 4) is 0 Å². The van der Waals surface area contributed by atoms with E-state index in [1.165, 1.54) is 14.2 Å². The van der Waals surface area contributed by atoms with Crippen molar-refractivity contribution in [1.82, 2.24) is 0 Å². The zero-order valence-corrected chi connectivity index (χ0v) is 8.96. The number of rotatable bonds is 8. The van der Waals surface area contributed by atoms with E-state index >= 15 is 0 Å². The Bertz CT molecular complexity index is 102. The Balaban J connectivity index is 3.97. The van der Waals surface area contributed by atoms with Crippen molar-refractivity contribution >= 4 is 0 Å². The van der Waals surface area contributed by atoms with Gasteiger partial charge in [-0.3, -0.25) is 0 Å². The monoisotopic (exact) mass is 192 g/mol. The van der Waals surface area contributed by atoms with Gasteiger partial charge in [0.15, 0.2) is 0 Å². The molecular weight excluding hydrogens is 172 g/mol. The first-order chi connectivity index (χ1) is 6.24. The van der Waals surface area contributed by atoms with E-state index in [1.54, 1.807) is 0 Å². The van der Waals surface area contributed by atoms with Gasteiger partial charge < -0.3 is 0 Å². The predicted octanol–water partition coefficient (Wildman–Crippen LogP) is 1.95. The van der Waals surface area contributed by atoms with Gasteiger partial charge in [0.25, 0.3) is 0 Å². The molecule has 0 unspecified atom stereocenters. The first kappa shape index (κ1) is 12.8. The summed E-state index contributed by atoms with van der Waals surface area (Å²) < 4.78 is 0. The Labute approximate surface area is 80.0 Å². The van der Waals surface area contributed by atoms with E-state index in [0.29, 0.717) is 13.2 Å². The molecule has 13 heavy (non-hydrogen) atoms. The molecule has 0 aromatic carbocycles. The smallest absolute Gasteiger partial charge is 0.0901 e. The second-order valence-electron chi connectivity index (χ2n) is 3.06. The first-order valence-corrected chi connectivity index (χ1v) is 4.56. The van der Waals surface area contributed by atoms with Gasteiger partial charge >= 0.3 is 0 Å². The highest BCUT2D eigenvalue weighted by molar-refractivity contribution is 4.74. The van der Waals surface area contributed by atoms with Crippen LogP contribution in [0.2, 0.25) is 0 Å². The van der Waals surface area contributed by atoms with Crippen molar-refractivity contribution in [1.29, 1.82) is 0 Å². The van der Waals surface area contributed by atoms with Crippen molar-refractivity contribution < 1.29 is 19.6 Å². The number of hydrogen-bond acceptors (Lipinski definition) is 4. The van der Waals surface area contributed by atoms with E-state index in [0.717, 1.165) is 12.8 Å². The molecule has 0 aromatic heterocycles. The highest BCUT2D eigenvalue weighted by Crippen LogP contribution is 2.27. The molecule has 0 spiro atoms. The van der Waals surface area contributed by atoms with Crippen LogP contribution in [-0.2, 0) is 19.6 Å². The van der Waals surface area contributed by atoms with Crippen LogP contribution < -0.4 is 0 Å². The normalized spacial score (nSPS) is 12.0. The molecule has 0 N–H and O–H groups in total. The van der Waals surface area contributed by atoms with Gasteiger partial charge in [-0.15, -0.1) is 0 Å². The SMILES string of the molecule is CCC(CC)(COOC)COOC. The molecule has 4 nitrogen and oxygen atoms in total. The first-order valence-electron chi connectivity index (χ1n) is 4.56. The van der Waals surface area contributed by atoms with Crippen LogP contribution >= 0.6 is 0 Å². The van der Waals surface area contributed by atoms with Crippen LogP contribution in [0.4, 0.5) is 0 Å². The van der Waals surface area contributed by atoms with Crippen molar-refractivity contribution in [3.05, 3.63) is 0 Å². The van der Waals surface area contributed by atoms with Gasteiger partial charge in [-0.05, 0) is 12.8 Å². The average molecular weight is 192 g/mol.